The van der Waals surface area contributed by atoms with Crippen molar-refractivity contribution >= 4 is 22.8 Å². The molecule has 0 spiro atoms. The topological polar surface area (TPSA) is 71.2 Å². The van der Waals surface area contributed by atoms with Crippen molar-refractivity contribution in [1.82, 2.24) is 10.3 Å². The van der Waals surface area contributed by atoms with Gasteiger partial charge in [0.15, 0.2) is 6.61 Å². The lowest BCUT2D eigenvalue weighted by atomic mass is 9.87. The number of hydrogen-bond donors (Lipinski definition) is 2. The van der Waals surface area contributed by atoms with Gasteiger partial charge in [-0.25, -0.2) is 4.79 Å². The summed E-state index contributed by atoms with van der Waals surface area (Å²) in [4.78, 5) is 27.5. The number of rotatable bonds is 5. The molecule has 2 N–H and O–H groups in total. The summed E-state index contributed by atoms with van der Waals surface area (Å²) in [6.07, 6.45) is 4.12. The number of ether oxygens (including phenoxy) is 1. The molecule has 2 atom stereocenters. The second-order valence-electron chi connectivity index (χ2n) is 7.14. The quantitative estimate of drug-likeness (QED) is 0.819. The number of esters is 1. The van der Waals surface area contributed by atoms with Gasteiger partial charge < -0.3 is 15.0 Å². The van der Waals surface area contributed by atoms with Crippen LogP contribution in [0.1, 0.15) is 55.2 Å². The highest BCUT2D eigenvalue weighted by Crippen LogP contribution is 2.32. The van der Waals surface area contributed by atoms with Gasteiger partial charge in [-0.05, 0) is 62.3 Å². The molecule has 0 saturated carbocycles. The average molecular weight is 342 g/mol. The number of hydrogen-bond acceptors (Lipinski definition) is 3. The Kier molecular flexibility index (Phi) is 5.11. The van der Waals surface area contributed by atoms with Crippen molar-refractivity contribution in [2.24, 2.45) is 5.92 Å². The molecule has 1 aromatic carbocycles. The highest BCUT2D eigenvalue weighted by molar-refractivity contribution is 5.97. The van der Waals surface area contributed by atoms with Crippen LogP contribution in [0.4, 0.5) is 0 Å². The zero-order valence-corrected chi connectivity index (χ0v) is 15.1. The van der Waals surface area contributed by atoms with Crippen molar-refractivity contribution < 1.29 is 14.3 Å². The third-order valence-corrected chi connectivity index (χ3v) is 5.02. The second-order valence-corrected chi connectivity index (χ2v) is 7.14. The van der Waals surface area contributed by atoms with E-state index in [0.29, 0.717) is 11.5 Å². The SMILES string of the molecule is CC[C@H](C)NC(=O)COC(=O)c1ccc2[nH]c3c(c2c1)C[C@@H](C)CC3. The molecule has 1 aliphatic carbocycles. The fourth-order valence-electron chi connectivity index (χ4n) is 3.35. The number of H-pyrrole nitrogens is 1. The summed E-state index contributed by atoms with van der Waals surface area (Å²) in [5.41, 5.74) is 4.15. The van der Waals surface area contributed by atoms with Crippen molar-refractivity contribution in [1.29, 1.82) is 0 Å². The molecular formula is C20H26N2O3. The second kappa shape index (κ2) is 7.30. The summed E-state index contributed by atoms with van der Waals surface area (Å²) in [5, 5.41) is 3.88. The van der Waals surface area contributed by atoms with Crippen molar-refractivity contribution in [2.75, 3.05) is 6.61 Å². The maximum Gasteiger partial charge on any atom is 0.338 e. The minimum Gasteiger partial charge on any atom is -0.452 e. The van der Waals surface area contributed by atoms with E-state index in [1.54, 1.807) is 6.07 Å². The largest absolute Gasteiger partial charge is 0.452 e. The number of nitrogens with one attached hydrogen (secondary N) is 2. The Balaban J connectivity index is 1.72. The molecule has 134 valence electrons. The molecule has 0 saturated heterocycles. The Morgan fingerprint density at radius 2 is 2.20 bits per heavy atom. The number of aromatic nitrogens is 1. The van der Waals surface area contributed by atoms with E-state index in [9.17, 15) is 9.59 Å². The summed E-state index contributed by atoms with van der Waals surface area (Å²) >= 11 is 0. The summed E-state index contributed by atoms with van der Waals surface area (Å²) in [6, 6.07) is 5.64. The van der Waals surface area contributed by atoms with Gasteiger partial charge in [0.25, 0.3) is 5.91 Å². The van der Waals surface area contributed by atoms with E-state index < -0.39 is 5.97 Å². The lowest BCUT2D eigenvalue weighted by Gasteiger charge is -2.18. The molecular weight excluding hydrogens is 316 g/mol. The standard InChI is InChI=1S/C20H26N2O3/c1-4-13(3)21-19(23)11-25-20(24)14-6-8-18-16(10-14)15-9-12(2)5-7-17(15)22-18/h6,8,10,12-13,22H,4-5,7,9,11H2,1-3H3,(H,21,23)/t12-,13-/m0/s1. The molecule has 2 aromatic rings. The number of aryl methyl sites for hydroxylation is 1. The minimum absolute atomic E-state index is 0.0796. The predicted molar refractivity (Wildman–Crippen MR) is 97.7 cm³/mol. The summed E-state index contributed by atoms with van der Waals surface area (Å²) in [7, 11) is 0. The monoisotopic (exact) mass is 342 g/mol. The summed E-state index contributed by atoms with van der Waals surface area (Å²) in [6.45, 7) is 5.92. The maximum absolute atomic E-state index is 12.3. The van der Waals surface area contributed by atoms with Gasteiger partial charge in [-0.1, -0.05) is 13.8 Å². The normalized spacial score (nSPS) is 17.8. The van der Waals surface area contributed by atoms with Crippen molar-refractivity contribution in [3.8, 4) is 0 Å². The van der Waals surface area contributed by atoms with Gasteiger partial charge in [0, 0.05) is 22.6 Å². The number of aromatic amines is 1. The first-order chi connectivity index (χ1) is 12.0. The highest BCUT2D eigenvalue weighted by atomic mass is 16.5. The molecule has 1 aliphatic rings. The van der Waals surface area contributed by atoms with Gasteiger partial charge >= 0.3 is 5.97 Å². The third-order valence-electron chi connectivity index (χ3n) is 5.02. The van der Waals surface area contributed by atoms with E-state index in [2.05, 4.69) is 17.2 Å². The van der Waals surface area contributed by atoms with Crippen LogP contribution in [-0.4, -0.2) is 29.5 Å². The first-order valence-electron chi connectivity index (χ1n) is 9.07. The summed E-state index contributed by atoms with van der Waals surface area (Å²) in [5.74, 6) is -0.0667. The van der Waals surface area contributed by atoms with Crippen LogP contribution in [0.15, 0.2) is 18.2 Å². The van der Waals surface area contributed by atoms with Crippen LogP contribution in [0.3, 0.4) is 0 Å². The molecule has 0 aliphatic heterocycles. The molecule has 5 heteroatoms. The van der Waals surface area contributed by atoms with Gasteiger partial charge in [-0.2, -0.15) is 0 Å². The lowest BCUT2D eigenvalue weighted by molar-refractivity contribution is -0.124. The predicted octanol–water partition coefficient (Wildman–Crippen LogP) is 3.36. The van der Waals surface area contributed by atoms with Crippen LogP contribution < -0.4 is 5.32 Å². The minimum atomic E-state index is -0.458. The van der Waals surface area contributed by atoms with E-state index in [-0.39, 0.29) is 18.6 Å². The number of carbonyl (C=O) groups is 2. The first kappa shape index (κ1) is 17.5. The Hall–Kier alpha value is -2.30. The van der Waals surface area contributed by atoms with E-state index in [1.165, 1.54) is 17.7 Å². The van der Waals surface area contributed by atoms with Crippen LogP contribution in [0.2, 0.25) is 0 Å². The van der Waals surface area contributed by atoms with Crippen molar-refractivity contribution in [3.63, 3.8) is 0 Å². The molecule has 0 bridgehead atoms. The Labute approximate surface area is 148 Å². The van der Waals surface area contributed by atoms with Gasteiger partial charge in [0.05, 0.1) is 5.56 Å². The van der Waals surface area contributed by atoms with Crippen molar-refractivity contribution in [3.05, 3.63) is 35.0 Å². The van der Waals surface area contributed by atoms with E-state index >= 15 is 0 Å². The number of amides is 1. The van der Waals surface area contributed by atoms with Crippen LogP contribution in [0, 0.1) is 5.92 Å². The molecule has 5 nitrogen and oxygen atoms in total. The fourth-order valence-corrected chi connectivity index (χ4v) is 3.35. The lowest BCUT2D eigenvalue weighted by Crippen LogP contribution is -2.35. The first-order valence-corrected chi connectivity index (χ1v) is 9.07. The van der Waals surface area contributed by atoms with Crippen LogP contribution >= 0.6 is 0 Å². The molecule has 0 radical (unpaired) electrons. The molecule has 1 aromatic heterocycles. The maximum atomic E-state index is 12.3. The molecule has 0 fully saturated rings. The van der Waals surface area contributed by atoms with Crippen LogP contribution in [0.25, 0.3) is 10.9 Å². The smallest absolute Gasteiger partial charge is 0.338 e. The molecule has 1 heterocycles. The number of benzene rings is 1. The van der Waals surface area contributed by atoms with Gasteiger partial charge in [0.2, 0.25) is 0 Å². The molecule has 1 amide bonds. The average Bonchev–Trinajstić information content (AvgIpc) is 2.96. The highest BCUT2D eigenvalue weighted by Gasteiger charge is 2.21. The number of carbonyl (C=O) groups excluding carboxylic acids is 2. The van der Waals surface area contributed by atoms with Gasteiger partial charge in [-0.3, -0.25) is 4.79 Å². The molecule has 25 heavy (non-hydrogen) atoms. The zero-order valence-electron chi connectivity index (χ0n) is 15.1. The van der Waals surface area contributed by atoms with E-state index in [1.807, 2.05) is 26.0 Å². The summed E-state index contributed by atoms with van der Waals surface area (Å²) < 4.78 is 5.16. The Bertz CT molecular complexity index is 794. The third kappa shape index (κ3) is 3.86. The Morgan fingerprint density at radius 3 is 2.96 bits per heavy atom. The van der Waals surface area contributed by atoms with E-state index in [4.69, 9.17) is 4.74 Å². The van der Waals surface area contributed by atoms with Crippen LogP contribution in [0.5, 0.6) is 0 Å². The number of fused-ring (bicyclic) bond motifs is 3. The van der Waals surface area contributed by atoms with Crippen LogP contribution in [-0.2, 0) is 22.4 Å². The Morgan fingerprint density at radius 1 is 1.40 bits per heavy atom. The van der Waals surface area contributed by atoms with Gasteiger partial charge in [0.1, 0.15) is 0 Å². The molecule has 0 unspecified atom stereocenters. The fraction of sp³-hybridized carbons (Fsp3) is 0.500. The zero-order chi connectivity index (χ0) is 18.0. The van der Waals surface area contributed by atoms with E-state index in [0.717, 1.165) is 30.2 Å². The molecule has 3 rings (SSSR count). The van der Waals surface area contributed by atoms with Crippen molar-refractivity contribution in [2.45, 2.75) is 52.5 Å². The van der Waals surface area contributed by atoms with Gasteiger partial charge in [-0.15, -0.1) is 0 Å².